The van der Waals surface area contributed by atoms with Crippen LogP contribution >= 0.6 is 0 Å². The lowest BCUT2D eigenvalue weighted by molar-refractivity contribution is 0.451. The van der Waals surface area contributed by atoms with Crippen LogP contribution in [0, 0.1) is 0 Å². The number of rotatable bonds is 2. The first kappa shape index (κ1) is 12.3. The maximum absolute atomic E-state index is 9.53. The molecule has 0 radical (unpaired) electrons. The van der Waals surface area contributed by atoms with E-state index in [-0.39, 0.29) is 11.5 Å². The summed E-state index contributed by atoms with van der Waals surface area (Å²) in [5, 5.41) is 19.1. The van der Waals surface area contributed by atoms with Gasteiger partial charge in [-0.15, -0.1) is 0 Å². The lowest BCUT2D eigenvalue weighted by atomic mass is 10.00. The summed E-state index contributed by atoms with van der Waals surface area (Å²) in [5.41, 5.74) is 4.05. The van der Waals surface area contributed by atoms with E-state index >= 15 is 0 Å². The Morgan fingerprint density at radius 2 is 0.900 bits per heavy atom. The topological polar surface area (TPSA) is 40.5 Å². The Balaban J connectivity index is 1.97. The molecule has 0 bridgehead atoms. The average Bonchev–Trinajstić information content (AvgIpc) is 2.47. The molecule has 0 aliphatic rings. The third-order valence-corrected chi connectivity index (χ3v) is 3.23. The van der Waals surface area contributed by atoms with E-state index in [4.69, 9.17) is 0 Å². The van der Waals surface area contributed by atoms with E-state index in [0.717, 1.165) is 22.3 Å². The van der Waals surface area contributed by atoms with E-state index < -0.39 is 0 Å². The van der Waals surface area contributed by atoms with Crippen molar-refractivity contribution in [3.63, 3.8) is 0 Å². The molecule has 0 unspecified atom stereocenters. The highest BCUT2D eigenvalue weighted by Crippen LogP contribution is 2.30. The number of hydrogen-bond donors (Lipinski definition) is 2. The first-order chi connectivity index (χ1) is 9.72. The van der Waals surface area contributed by atoms with Crippen LogP contribution in [0.15, 0.2) is 72.8 Å². The van der Waals surface area contributed by atoms with Crippen molar-refractivity contribution < 1.29 is 10.2 Å². The highest BCUT2D eigenvalue weighted by Gasteiger charge is 2.03. The Hall–Kier alpha value is -2.74. The SMILES string of the molecule is Oc1cc(O)cc(-c2ccc(-c3ccccc3)cc2)c1. The van der Waals surface area contributed by atoms with E-state index in [1.165, 1.54) is 6.07 Å². The van der Waals surface area contributed by atoms with Gasteiger partial charge in [-0.25, -0.2) is 0 Å². The van der Waals surface area contributed by atoms with Gasteiger partial charge in [-0.1, -0.05) is 54.6 Å². The molecule has 0 fully saturated rings. The maximum atomic E-state index is 9.53. The predicted molar refractivity (Wildman–Crippen MR) is 80.6 cm³/mol. The van der Waals surface area contributed by atoms with Gasteiger partial charge in [0.25, 0.3) is 0 Å². The third kappa shape index (κ3) is 2.50. The van der Waals surface area contributed by atoms with Crippen molar-refractivity contribution in [2.24, 2.45) is 0 Å². The minimum absolute atomic E-state index is 0.0622. The lowest BCUT2D eigenvalue weighted by Gasteiger charge is -2.06. The minimum atomic E-state index is 0.0622. The van der Waals surface area contributed by atoms with Crippen LogP contribution in [-0.2, 0) is 0 Å². The molecule has 0 saturated carbocycles. The number of phenolic OH excluding ortho intramolecular Hbond substituents is 2. The summed E-state index contributed by atoms with van der Waals surface area (Å²) in [6, 6.07) is 22.8. The van der Waals surface area contributed by atoms with E-state index in [0.29, 0.717) is 0 Å². The van der Waals surface area contributed by atoms with Crippen molar-refractivity contribution in [1.82, 2.24) is 0 Å². The molecule has 20 heavy (non-hydrogen) atoms. The van der Waals surface area contributed by atoms with Gasteiger partial charge < -0.3 is 10.2 Å². The molecule has 0 aliphatic carbocycles. The molecule has 0 amide bonds. The van der Waals surface area contributed by atoms with Gasteiger partial charge in [0.2, 0.25) is 0 Å². The van der Waals surface area contributed by atoms with Crippen LogP contribution in [0.5, 0.6) is 11.5 Å². The molecule has 2 nitrogen and oxygen atoms in total. The molecule has 0 spiro atoms. The quantitative estimate of drug-likeness (QED) is 0.717. The fourth-order valence-corrected chi connectivity index (χ4v) is 2.25. The summed E-state index contributed by atoms with van der Waals surface area (Å²) in [4.78, 5) is 0. The summed E-state index contributed by atoms with van der Waals surface area (Å²) in [6.07, 6.45) is 0. The molecule has 3 rings (SSSR count). The largest absolute Gasteiger partial charge is 0.508 e. The summed E-state index contributed by atoms with van der Waals surface area (Å²) >= 11 is 0. The normalized spacial score (nSPS) is 10.4. The molecule has 0 atom stereocenters. The minimum Gasteiger partial charge on any atom is -0.508 e. The molecule has 3 aromatic rings. The second kappa shape index (κ2) is 5.10. The number of benzene rings is 3. The van der Waals surface area contributed by atoms with E-state index in [1.807, 2.05) is 42.5 Å². The van der Waals surface area contributed by atoms with E-state index in [2.05, 4.69) is 12.1 Å². The van der Waals surface area contributed by atoms with Crippen LogP contribution in [0.25, 0.3) is 22.3 Å². The van der Waals surface area contributed by atoms with Crippen LogP contribution in [0.1, 0.15) is 0 Å². The summed E-state index contributed by atoms with van der Waals surface area (Å²) < 4.78 is 0. The number of hydrogen-bond acceptors (Lipinski definition) is 2. The standard InChI is InChI=1S/C18H14O2/c19-17-10-16(11-18(20)12-17)15-8-6-14(7-9-15)13-4-2-1-3-5-13/h1-12,19-20H. The van der Waals surface area contributed by atoms with Crippen LogP contribution in [0.4, 0.5) is 0 Å². The zero-order valence-electron chi connectivity index (χ0n) is 10.8. The van der Waals surface area contributed by atoms with Crippen LogP contribution in [-0.4, -0.2) is 10.2 Å². The van der Waals surface area contributed by atoms with Gasteiger partial charge in [-0.05, 0) is 34.4 Å². The van der Waals surface area contributed by atoms with Crippen molar-refractivity contribution >= 4 is 0 Å². The second-order valence-corrected chi connectivity index (χ2v) is 4.68. The Labute approximate surface area is 117 Å². The molecule has 0 aliphatic heterocycles. The summed E-state index contributed by atoms with van der Waals surface area (Å²) in [7, 11) is 0. The predicted octanol–water partition coefficient (Wildman–Crippen LogP) is 4.43. The van der Waals surface area contributed by atoms with Gasteiger partial charge in [0.05, 0.1) is 0 Å². The monoisotopic (exact) mass is 262 g/mol. The zero-order chi connectivity index (χ0) is 13.9. The van der Waals surface area contributed by atoms with Crippen molar-refractivity contribution in [3.8, 4) is 33.8 Å². The molecule has 98 valence electrons. The summed E-state index contributed by atoms with van der Waals surface area (Å²) in [6.45, 7) is 0. The maximum Gasteiger partial charge on any atom is 0.119 e. The number of aromatic hydroxyl groups is 2. The third-order valence-electron chi connectivity index (χ3n) is 3.23. The Morgan fingerprint density at radius 1 is 0.450 bits per heavy atom. The van der Waals surface area contributed by atoms with Crippen molar-refractivity contribution in [3.05, 3.63) is 72.8 Å². The van der Waals surface area contributed by atoms with Crippen LogP contribution in [0.2, 0.25) is 0 Å². The second-order valence-electron chi connectivity index (χ2n) is 4.68. The van der Waals surface area contributed by atoms with Crippen LogP contribution in [0.3, 0.4) is 0 Å². The molecule has 3 aromatic carbocycles. The van der Waals surface area contributed by atoms with Gasteiger partial charge in [-0.2, -0.15) is 0 Å². The van der Waals surface area contributed by atoms with E-state index in [1.54, 1.807) is 12.1 Å². The Morgan fingerprint density at radius 3 is 1.45 bits per heavy atom. The lowest BCUT2D eigenvalue weighted by Crippen LogP contribution is -1.80. The molecule has 0 saturated heterocycles. The fourth-order valence-electron chi connectivity index (χ4n) is 2.25. The highest BCUT2D eigenvalue weighted by molar-refractivity contribution is 5.71. The average molecular weight is 262 g/mol. The van der Waals surface area contributed by atoms with Gasteiger partial charge in [0.1, 0.15) is 11.5 Å². The first-order valence-corrected chi connectivity index (χ1v) is 6.41. The first-order valence-electron chi connectivity index (χ1n) is 6.41. The molecule has 0 heterocycles. The van der Waals surface area contributed by atoms with Crippen LogP contribution < -0.4 is 0 Å². The highest BCUT2D eigenvalue weighted by atomic mass is 16.3. The molecular weight excluding hydrogens is 248 g/mol. The molecular formula is C18H14O2. The number of phenols is 2. The van der Waals surface area contributed by atoms with Gasteiger partial charge in [0, 0.05) is 6.07 Å². The Bertz CT molecular complexity index is 696. The molecule has 2 N–H and O–H groups in total. The molecule has 0 aromatic heterocycles. The smallest absolute Gasteiger partial charge is 0.119 e. The van der Waals surface area contributed by atoms with Crippen molar-refractivity contribution in [2.75, 3.05) is 0 Å². The van der Waals surface area contributed by atoms with Gasteiger partial charge in [-0.3, -0.25) is 0 Å². The van der Waals surface area contributed by atoms with E-state index in [9.17, 15) is 10.2 Å². The van der Waals surface area contributed by atoms with Gasteiger partial charge in [0.15, 0.2) is 0 Å². The Kier molecular flexibility index (Phi) is 3.13. The summed E-state index contributed by atoms with van der Waals surface area (Å²) in [5.74, 6) is 0.124. The van der Waals surface area contributed by atoms with Crippen molar-refractivity contribution in [2.45, 2.75) is 0 Å². The van der Waals surface area contributed by atoms with Gasteiger partial charge >= 0.3 is 0 Å². The fraction of sp³-hybridized carbons (Fsp3) is 0. The molecule has 2 heteroatoms. The zero-order valence-corrected chi connectivity index (χ0v) is 10.8. The van der Waals surface area contributed by atoms with Crippen molar-refractivity contribution in [1.29, 1.82) is 0 Å².